The molecule has 1 aliphatic heterocycles. The second-order valence-electron chi connectivity index (χ2n) is 7.82. The number of morpholine rings is 1. The summed E-state index contributed by atoms with van der Waals surface area (Å²) in [4.78, 5) is 19.3. The van der Waals surface area contributed by atoms with Crippen molar-refractivity contribution in [3.8, 4) is 6.07 Å². The molecule has 1 aliphatic rings. The molecule has 4 rings (SSSR count). The molecule has 0 bridgehead atoms. The molecule has 0 unspecified atom stereocenters. The van der Waals surface area contributed by atoms with E-state index in [9.17, 15) is 18.5 Å². The van der Waals surface area contributed by atoms with Gasteiger partial charge in [0.15, 0.2) is 0 Å². The van der Waals surface area contributed by atoms with E-state index in [4.69, 9.17) is 16.3 Å². The molecule has 3 aromatic rings. The van der Waals surface area contributed by atoms with Gasteiger partial charge in [0.05, 0.1) is 22.7 Å². The molecule has 2 atom stereocenters. The fourth-order valence-electron chi connectivity index (χ4n) is 3.85. The zero-order valence-corrected chi connectivity index (χ0v) is 19.5. The van der Waals surface area contributed by atoms with E-state index < -0.39 is 20.3 Å². The lowest BCUT2D eigenvalue weighted by Crippen LogP contribution is -2.46. The van der Waals surface area contributed by atoms with Gasteiger partial charge < -0.3 is 9.64 Å². The number of sulfone groups is 1. The maximum Gasteiger partial charge on any atom is 0.267 e. The number of fused-ring (bicyclic) bond motifs is 1. The molecular formula is C23H21ClN4O4S. The van der Waals surface area contributed by atoms with Gasteiger partial charge in [0.25, 0.3) is 5.56 Å². The number of halogens is 1. The first-order valence-electron chi connectivity index (χ1n) is 10.2. The molecule has 10 heteroatoms. The van der Waals surface area contributed by atoms with Crippen molar-refractivity contribution in [3.63, 3.8) is 0 Å². The monoisotopic (exact) mass is 484 g/mol. The molecule has 0 saturated carbocycles. The molecule has 1 fully saturated rings. The van der Waals surface area contributed by atoms with Gasteiger partial charge in [0.1, 0.15) is 22.4 Å². The van der Waals surface area contributed by atoms with Crippen LogP contribution in [0.25, 0.3) is 11.7 Å². The summed E-state index contributed by atoms with van der Waals surface area (Å²) in [6.45, 7) is 4.76. The molecule has 0 radical (unpaired) electrons. The lowest BCUT2D eigenvalue weighted by Gasteiger charge is -2.36. The number of hydrogen-bond donors (Lipinski definition) is 0. The predicted molar refractivity (Wildman–Crippen MR) is 126 cm³/mol. The molecule has 8 nitrogen and oxygen atoms in total. The third-order valence-corrected chi connectivity index (χ3v) is 7.20. The maximum absolute atomic E-state index is 13.4. The van der Waals surface area contributed by atoms with Crippen molar-refractivity contribution in [1.29, 1.82) is 5.26 Å². The van der Waals surface area contributed by atoms with Crippen molar-refractivity contribution in [2.24, 2.45) is 0 Å². The molecular weight excluding hydrogens is 464 g/mol. The largest absolute Gasteiger partial charge is 0.372 e. The number of hydrogen-bond acceptors (Lipinski definition) is 7. The van der Waals surface area contributed by atoms with Gasteiger partial charge in [-0.2, -0.15) is 5.26 Å². The van der Waals surface area contributed by atoms with Crippen LogP contribution in [0.4, 0.5) is 5.82 Å². The average Bonchev–Trinajstić information content (AvgIpc) is 2.78. The van der Waals surface area contributed by atoms with Crippen LogP contribution in [0.15, 0.2) is 63.3 Å². The number of nitriles is 1. The van der Waals surface area contributed by atoms with Gasteiger partial charge in [-0.15, -0.1) is 0 Å². The van der Waals surface area contributed by atoms with E-state index in [1.807, 2.05) is 18.7 Å². The van der Waals surface area contributed by atoms with E-state index in [2.05, 4.69) is 4.98 Å². The van der Waals surface area contributed by atoms with Crippen molar-refractivity contribution in [3.05, 3.63) is 74.5 Å². The highest BCUT2D eigenvalue weighted by Crippen LogP contribution is 2.27. The van der Waals surface area contributed by atoms with Crippen LogP contribution in [0.1, 0.15) is 19.4 Å². The van der Waals surface area contributed by atoms with Crippen LogP contribution < -0.4 is 10.5 Å². The number of ether oxygens (including phenoxy) is 1. The maximum atomic E-state index is 13.4. The van der Waals surface area contributed by atoms with Crippen molar-refractivity contribution >= 4 is 39.0 Å². The lowest BCUT2D eigenvalue weighted by atomic mass is 10.2. The van der Waals surface area contributed by atoms with Crippen LogP contribution in [-0.2, 0) is 14.6 Å². The zero-order valence-electron chi connectivity index (χ0n) is 18.0. The lowest BCUT2D eigenvalue weighted by molar-refractivity contribution is -0.00546. The minimum Gasteiger partial charge on any atom is -0.372 e. The Morgan fingerprint density at radius 2 is 1.85 bits per heavy atom. The summed E-state index contributed by atoms with van der Waals surface area (Å²) in [5.74, 6) is 0.312. The normalized spacial score (nSPS) is 19.5. The highest BCUT2D eigenvalue weighted by atomic mass is 35.5. The number of anilines is 1. The number of pyridine rings is 1. The Morgan fingerprint density at radius 3 is 2.48 bits per heavy atom. The standard InChI is InChI=1S/C23H21ClN4O4S/c1-15-13-27(14-16(2)32-15)22-20(23(29)28-10-4-3-5-21(28)26-22)11-19(12-25)33(30,31)18-8-6-17(24)7-9-18/h3-11,15-16H,13-14H2,1-2H3/b19-11+/t15-,16-/m1/s1. The van der Waals surface area contributed by atoms with Gasteiger partial charge in [-0.3, -0.25) is 9.20 Å². The number of aromatic nitrogens is 2. The third kappa shape index (κ3) is 4.50. The second kappa shape index (κ2) is 8.98. The first kappa shape index (κ1) is 23.0. The Morgan fingerprint density at radius 1 is 1.18 bits per heavy atom. The van der Waals surface area contributed by atoms with Crippen LogP contribution in [0.3, 0.4) is 0 Å². The quantitative estimate of drug-likeness (QED) is 0.523. The van der Waals surface area contributed by atoms with Gasteiger partial charge >= 0.3 is 0 Å². The van der Waals surface area contributed by atoms with Gasteiger partial charge in [-0.1, -0.05) is 17.7 Å². The molecule has 2 aromatic heterocycles. The van der Waals surface area contributed by atoms with Crippen LogP contribution in [0, 0.1) is 11.3 Å². The van der Waals surface area contributed by atoms with Crippen molar-refractivity contribution in [1.82, 2.24) is 9.38 Å². The Bertz CT molecular complexity index is 1430. The number of nitrogens with zero attached hydrogens (tertiary/aromatic N) is 4. The summed E-state index contributed by atoms with van der Waals surface area (Å²) in [6, 6.07) is 12.4. The zero-order chi connectivity index (χ0) is 23.8. The van der Waals surface area contributed by atoms with Gasteiger partial charge in [-0.05, 0) is 56.3 Å². The van der Waals surface area contributed by atoms with E-state index in [-0.39, 0.29) is 22.7 Å². The molecule has 0 spiro atoms. The predicted octanol–water partition coefficient (Wildman–Crippen LogP) is 3.30. The fourth-order valence-corrected chi connectivity index (χ4v) is 5.12. The summed E-state index contributed by atoms with van der Waals surface area (Å²) in [5, 5.41) is 10.1. The minimum atomic E-state index is -4.18. The molecule has 0 N–H and O–H groups in total. The van der Waals surface area contributed by atoms with Gasteiger partial charge in [-0.25, -0.2) is 13.4 Å². The van der Waals surface area contributed by atoms with E-state index in [0.717, 1.165) is 6.08 Å². The summed E-state index contributed by atoms with van der Waals surface area (Å²) in [7, 11) is -4.18. The number of benzene rings is 1. The Balaban J connectivity index is 1.94. The topological polar surface area (TPSA) is 105 Å². The summed E-state index contributed by atoms with van der Waals surface area (Å²) in [6.07, 6.45) is 2.43. The van der Waals surface area contributed by atoms with E-state index in [1.54, 1.807) is 30.5 Å². The van der Waals surface area contributed by atoms with Crippen LogP contribution in [0.2, 0.25) is 5.02 Å². The second-order valence-corrected chi connectivity index (χ2v) is 10.2. The van der Waals surface area contributed by atoms with E-state index in [1.165, 1.54) is 28.7 Å². The summed E-state index contributed by atoms with van der Waals surface area (Å²) >= 11 is 5.87. The molecule has 170 valence electrons. The first-order chi connectivity index (χ1) is 15.7. The van der Waals surface area contributed by atoms with Crippen molar-refractivity contribution in [2.75, 3.05) is 18.0 Å². The molecule has 33 heavy (non-hydrogen) atoms. The molecule has 1 aromatic carbocycles. The van der Waals surface area contributed by atoms with E-state index >= 15 is 0 Å². The number of allylic oxidation sites excluding steroid dienone is 1. The average molecular weight is 485 g/mol. The highest BCUT2D eigenvalue weighted by molar-refractivity contribution is 7.95. The minimum absolute atomic E-state index is 0.0223. The fraction of sp³-hybridized carbons (Fsp3) is 0.261. The molecule has 1 saturated heterocycles. The Labute approximate surface area is 196 Å². The molecule has 0 aliphatic carbocycles. The highest BCUT2D eigenvalue weighted by Gasteiger charge is 2.28. The van der Waals surface area contributed by atoms with Crippen molar-refractivity contribution < 1.29 is 13.2 Å². The van der Waals surface area contributed by atoms with Gasteiger partial charge in [0, 0.05) is 24.3 Å². The summed E-state index contributed by atoms with van der Waals surface area (Å²) in [5.41, 5.74) is -0.0314. The van der Waals surface area contributed by atoms with Crippen LogP contribution in [-0.4, -0.2) is 43.1 Å². The Hall–Kier alpha value is -3.19. The Kier molecular flexibility index (Phi) is 6.26. The third-order valence-electron chi connectivity index (χ3n) is 5.27. The summed E-state index contributed by atoms with van der Waals surface area (Å²) < 4.78 is 33.4. The molecule has 3 heterocycles. The molecule has 0 amide bonds. The smallest absolute Gasteiger partial charge is 0.267 e. The number of rotatable bonds is 4. The van der Waals surface area contributed by atoms with Crippen molar-refractivity contribution in [2.45, 2.75) is 31.0 Å². The van der Waals surface area contributed by atoms with Crippen LogP contribution in [0.5, 0.6) is 0 Å². The SMILES string of the molecule is C[C@@H]1CN(c2nc3ccccn3c(=O)c2/C=C(\C#N)S(=O)(=O)c2ccc(Cl)cc2)C[C@@H](C)O1. The van der Waals surface area contributed by atoms with Crippen LogP contribution >= 0.6 is 11.6 Å². The van der Waals surface area contributed by atoms with E-state index in [0.29, 0.717) is 29.6 Å². The first-order valence-corrected chi connectivity index (χ1v) is 12.1. The van der Waals surface area contributed by atoms with Gasteiger partial charge in [0.2, 0.25) is 9.84 Å².